The highest BCUT2D eigenvalue weighted by atomic mass is 32.2. The Kier molecular flexibility index (Phi) is 8.17. The first-order valence-electron chi connectivity index (χ1n) is 11.5. The molecule has 0 unspecified atom stereocenters. The van der Waals surface area contributed by atoms with Crippen molar-refractivity contribution in [3.63, 3.8) is 0 Å². The van der Waals surface area contributed by atoms with Crippen LogP contribution in [0.15, 0.2) is 71.9 Å². The number of carbonyl (C=O) groups is 1. The molecule has 0 saturated heterocycles. The summed E-state index contributed by atoms with van der Waals surface area (Å²) in [5.74, 6) is 2.00. The Balaban J connectivity index is 1.52. The van der Waals surface area contributed by atoms with Crippen molar-refractivity contribution in [3.05, 3.63) is 77.9 Å². The van der Waals surface area contributed by atoms with Crippen LogP contribution in [0.4, 0.5) is 5.69 Å². The number of aromatic nitrogens is 3. The van der Waals surface area contributed by atoms with Crippen LogP contribution in [0.1, 0.15) is 17.5 Å². The number of benzene rings is 3. The molecule has 0 radical (unpaired) electrons. The number of amides is 1. The van der Waals surface area contributed by atoms with E-state index in [1.165, 1.54) is 11.8 Å². The predicted octanol–water partition coefficient (Wildman–Crippen LogP) is 5.96. The summed E-state index contributed by atoms with van der Waals surface area (Å²) >= 11 is 1.40. The average Bonchev–Trinajstić information content (AvgIpc) is 2.91. The summed E-state index contributed by atoms with van der Waals surface area (Å²) in [6.07, 6.45) is 0.333. The van der Waals surface area contributed by atoms with Gasteiger partial charge in [0, 0.05) is 29.0 Å². The highest BCUT2D eigenvalue weighted by molar-refractivity contribution is 7.99. The van der Waals surface area contributed by atoms with Gasteiger partial charge < -0.3 is 14.8 Å². The lowest BCUT2D eigenvalue weighted by Crippen LogP contribution is -2.13. The molecule has 0 aliphatic heterocycles. The van der Waals surface area contributed by atoms with E-state index >= 15 is 0 Å². The summed E-state index contributed by atoms with van der Waals surface area (Å²) in [5, 5.41) is 12.3. The first kappa shape index (κ1) is 25.2. The smallest absolute Gasteiger partial charge is 0.225 e. The molecule has 4 rings (SSSR count). The van der Waals surface area contributed by atoms with Crippen LogP contribution < -0.4 is 14.8 Å². The van der Waals surface area contributed by atoms with E-state index in [9.17, 15) is 4.79 Å². The van der Waals surface area contributed by atoms with E-state index in [1.54, 1.807) is 14.2 Å². The number of hydrogen-bond acceptors (Lipinski definition) is 7. The molecule has 1 heterocycles. The second-order valence-corrected chi connectivity index (χ2v) is 9.20. The van der Waals surface area contributed by atoms with Gasteiger partial charge in [-0.15, -0.1) is 10.2 Å². The van der Waals surface area contributed by atoms with Gasteiger partial charge in [-0.1, -0.05) is 23.9 Å². The van der Waals surface area contributed by atoms with E-state index in [2.05, 4.69) is 15.5 Å². The number of nitrogens with one attached hydrogen (secondary N) is 1. The molecule has 1 N–H and O–H groups in total. The molecule has 1 aromatic heterocycles. The van der Waals surface area contributed by atoms with Gasteiger partial charge in [-0.3, -0.25) is 4.79 Å². The molecule has 0 aliphatic carbocycles. The lowest BCUT2D eigenvalue weighted by molar-refractivity contribution is -0.115. The summed E-state index contributed by atoms with van der Waals surface area (Å²) in [5.41, 5.74) is 6.21. The van der Waals surface area contributed by atoms with Crippen LogP contribution in [0.5, 0.6) is 11.5 Å². The molecule has 0 aliphatic rings. The Hall–Kier alpha value is -3.91. The van der Waals surface area contributed by atoms with Crippen molar-refractivity contribution >= 4 is 23.4 Å². The van der Waals surface area contributed by atoms with Crippen molar-refractivity contribution < 1.29 is 14.3 Å². The molecular weight excluding hydrogens is 472 g/mol. The van der Waals surface area contributed by atoms with Gasteiger partial charge in [0.05, 0.1) is 14.2 Å². The zero-order chi connectivity index (χ0) is 25.5. The summed E-state index contributed by atoms with van der Waals surface area (Å²) in [4.78, 5) is 17.3. The summed E-state index contributed by atoms with van der Waals surface area (Å²) < 4.78 is 10.6. The maximum absolute atomic E-state index is 12.5. The number of nitrogens with zero attached hydrogens (tertiary/aromatic N) is 3. The number of methoxy groups -OCH3 is 2. The molecule has 7 nitrogen and oxygen atoms in total. The Labute approximate surface area is 215 Å². The quantitative estimate of drug-likeness (QED) is 0.284. The molecule has 0 bridgehead atoms. The van der Waals surface area contributed by atoms with Crippen LogP contribution in [0.3, 0.4) is 0 Å². The number of anilines is 1. The van der Waals surface area contributed by atoms with Gasteiger partial charge in [-0.05, 0) is 79.6 Å². The molecule has 184 valence electrons. The number of aryl methyl sites for hydroxylation is 1. The number of ether oxygens (including phenoxy) is 2. The maximum atomic E-state index is 12.5. The molecule has 0 atom stereocenters. The van der Waals surface area contributed by atoms with Gasteiger partial charge in [0.1, 0.15) is 22.9 Å². The Bertz CT molecular complexity index is 1340. The summed E-state index contributed by atoms with van der Waals surface area (Å²) in [6, 6.07) is 21.2. The van der Waals surface area contributed by atoms with Gasteiger partial charge in [0.15, 0.2) is 0 Å². The molecule has 36 heavy (non-hydrogen) atoms. The van der Waals surface area contributed by atoms with Crippen molar-refractivity contribution in [2.75, 3.05) is 25.3 Å². The third-order valence-electron chi connectivity index (χ3n) is 5.83. The molecule has 4 aromatic rings. The van der Waals surface area contributed by atoms with Crippen LogP contribution in [0.25, 0.3) is 22.5 Å². The normalized spacial score (nSPS) is 10.7. The van der Waals surface area contributed by atoms with Crippen LogP contribution in [0.2, 0.25) is 0 Å². The topological polar surface area (TPSA) is 86.2 Å². The fraction of sp³-hybridized carbons (Fsp3) is 0.214. The predicted molar refractivity (Wildman–Crippen MR) is 144 cm³/mol. The third kappa shape index (κ3) is 6.01. The third-order valence-corrected chi connectivity index (χ3v) is 6.67. The second kappa shape index (κ2) is 11.7. The van der Waals surface area contributed by atoms with E-state index in [0.29, 0.717) is 28.7 Å². The minimum Gasteiger partial charge on any atom is -0.497 e. The molecule has 0 spiro atoms. The van der Waals surface area contributed by atoms with Crippen molar-refractivity contribution in [2.24, 2.45) is 0 Å². The first-order valence-corrected chi connectivity index (χ1v) is 12.5. The van der Waals surface area contributed by atoms with Crippen molar-refractivity contribution in [1.29, 1.82) is 0 Å². The van der Waals surface area contributed by atoms with Crippen LogP contribution in [0, 0.1) is 13.8 Å². The minimum atomic E-state index is -0.0469. The maximum Gasteiger partial charge on any atom is 0.225 e. The molecule has 0 saturated carbocycles. The number of hydrogen-bond donors (Lipinski definition) is 1. The van der Waals surface area contributed by atoms with E-state index in [1.807, 2.05) is 80.6 Å². The van der Waals surface area contributed by atoms with E-state index in [0.717, 1.165) is 39.4 Å². The van der Waals surface area contributed by atoms with Crippen LogP contribution >= 0.6 is 11.8 Å². The Morgan fingerprint density at radius 1 is 0.833 bits per heavy atom. The highest BCUT2D eigenvalue weighted by Crippen LogP contribution is 2.32. The van der Waals surface area contributed by atoms with E-state index in [-0.39, 0.29) is 5.91 Å². The van der Waals surface area contributed by atoms with Crippen molar-refractivity contribution in [1.82, 2.24) is 15.2 Å². The van der Waals surface area contributed by atoms with Crippen molar-refractivity contribution in [3.8, 4) is 34.0 Å². The number of thioether (sulfide) groups is 1. The number of carbonyl (C=O) groups excluding carboxylic acids is 1. The molecule has 3 aromatic carbocycles. The lowest BCUT2D eigenvalue weighted by Gasteiger charge is -2.11. The van der Waals surface area contributed by atoms with E-state index in [4.69, 9.17) is 14.5 Å². The van der Waals surface area contributed by atoms with E-state index < -0.39 is 0 Å². The fourth-order valence-electron chi connectivity index (χ4n) is 3.60. The highest BCUT2D eigenvalue weighted by Gasteiger charge is 2.15. The summed E-state index contributed by atoms with van der Waals surface area (Å²) in [6.45, 7) is 4.03. The molecule has 8 heteroatoms. The first-order chi connectivity index (χ1) is 17.5. The van der Waals surface area contributed by atoms with Gasteiger partial charge in [-0.25, -0.2) is 4.98 Å². The monoisotopic (exact) mass is 500 g/mol. The average molecular weight is 501 g/mol. The number of rotatable bonds is 9. The largest absolute Gasteiger partial charge is 0.497 e. The molecular formula is C28H28N4O3S. The molecule has 1 amide bonds. The zero-order valence-electron chi connectivity index (χ0n) is 20.7. The Morgan fingerprint density at radius 3 is 2.06 bits per heavy atom. The van der Waals surface area contributed by atoms with Crippen molar-refractivity contribution in [2.45, 2.75) is 25.4 Å². The summed E-state index contributed by atoms with van der Waals surface area (Å²) in [7, 11) is 3.27. The van der Waals surface area contributed by atoms with Crippen LogP contribution in [-0.4, -0.2) is 41.1 Å². The zero-order valence-corrected chi connectivity index (χ0v) is 21.6. The standard InChI is InChI=1S/C28H28N4O3S/c1-18-6-5-7-24(19(18)2)29-25(33)16-17-36-28-30-26(20-8-12-22(34-3)13-9-20)27(31-32-28)21-10-14-23(35-4)15-11-21/h5-15H,16-17H2,1-4H3,(H,29,33). The second-order valence-electron chi connectivity index (χ2n) is 8.14. The minimum absolute atomic E-state index is 0.0469. The molecule has 0 fully saturated rings. The van der Waals surface area contributed by atoms with Gasteiger partial charge in [0.2, 0.25) is 11.1 Å². The van der Waals surface area contributed by atoms with Gasteiger partial charge in [-0.2, -0.15) is 0 Å². The Morgan fingerprint density at radius 2 is 1.44 bits per heavy atom. The van der Waals surface area contributed by atoms with Gasteiger partial charge >= 0.3 is 0 Å². The fourth-order valence-corrected chi connectivity index (χ4v) is 4.32. The lowest BCUT2D eigenvalue weighted by atomic mass is 10.0. The van der Waals surface area contributed by atoms with Gasteiger partial charge in [0.25, 0.3) is 0 Å². The van der Waals surface area contributed by atoms with Crippen LogP contribution in [-0.2, 0) is 4.79 Å². The SMILES string of the molecule is COc1ccc(-c2nnc(SCCC(=O)Nc3cccc(C)c3C)nc2-c2ccc(OC)cc2)cc1.